The summed E-state index contributed by atoms with van der Waals surface area (Å²) >= 11 is 0. The van der Waals surface area contributed by atoms with E-state index in [0.29, 0.717) is 5.56 Å². The average Bonchev–Trinajstić information content (AvgIpc) is 2.74. The molecule has 1 fully saturated rings. The fourth-order valence-corrected chi connectivity index (χ4v) is 2.75. The third-order valence-electron chi connectivity index (χ3n) is 3.93. The van der Waals surface area contributed by atoms with Gasteiger partial charge in [-0.2, -0.15) is 0 Å². The van der Waals surface area contributed by atoms with Crippen LogP contribution >= 0.6 is 12.4 Å². The van der Waals surface area contributed by atoms with Gasteiger partial charge in [-0.25, -0.2) is 0 Å². The van der Waals surface area contributed by atoms with Crippen LogP contribution in [0, 0.1) is 17.0 Å². The predicted octanol–water partition coefficient (Wildman–Crippen LogP) is 2.54. The van der Waals surface area contributed by atoms with E-state index in [-0.39, 0.29) is 30.0 Å². The molecule has 0 spiro atoms. The predicted molar refractivity (Wildman–Crippen MR) is 87.7 cm³/mol. The van der Waals surface area contributed by atoms with Gasteiger partial charge in [-0.1, -0.05) is 0 Å². The SMILES string of the molecule is Cc1cc(C(=O)N(C)C2CCCNCC2)cc([N+](=O)[O-])c1.Cl. The van der Waals surface area contributed by atoms with Gasteiger partial charge in [0.2, 0.25) is 0 Å². The highest BCUT2D eigenvalue weighted by atomic mass is 35.5. The van der Waals surface area contributed by atoms with Crippen molar-refractivity contribution in [1.29, 1.82) is 0 Å². The van der Waals surface area contributed by atoms with E-state index in [4.69, 9.17) is 0 Å². The summed E-state index contributed by atoms with van der Waals surface area (Å²) in [5.74, 6) is -0.145. The van der Waals surface area contributed by atoms with Crippen molar-refractivity contribution in [2.45, 2.75) is 32.2 Å². The summed E-state index contributed by atoms with van der Waals surface area (Å²) in [5.41, 5.74) is 1.08. The number of amides is 1. The molecule has 0 bridgehead atoms. The Bertz CT molecular complexity index is 543. The molecule has 1 saturated heterocycles. The van der Waals surface area contributed by atoms with Gasteiger partial charge in [0.15, 0.2) is 0 Å². The average molecular weight is 328 g/mol. The number of halogens is 1. The number of hydrogen-bond acceptors (Lipinski definition) is 4. The second-order valence-corrected chi connectivity index (χ2v) is 5.57. The van der Waals surface area contributed by atoms with E-state index in [1.807, 2.05) is 0 Å². The number of non-ortho nitro benzene ring substituents is 1. The molecule has 0 aromatic heterocycles. The largest absolute Gasteiger partial charge is 0.339 e. The number of nitro benzene ring substituents is 1. The van der Waals surface area contributed by atoms with Crippen LogP contribution in [0.15, 0.2) is 18.2 Å². The van der Waals surface area contributed by atoms with Gasteiger partial charge >= 0.3 is 0 Å². The molecule has 1 aliphatic heterocycles. The zero-order valence-corrected chi connectivity index (χ0v) is 13.7. The lowest BCUT2D eigenvalue weighted by molar-refractivity contribution is -0.384. The van der Waals surface area contributed by atoms with Crippen LogP contribution in [-0.4, -0.2) is 41.9 Å². The lowest BCUT2D eigenvalue weighted by Gasteiger charge is -2.27. The molecule has 1 N–H and O–H groups in total. The summed E-state index contributed by atoms with van der Waals surface area (Å²) in [6, 6.07) is 4.74. The zero-order chi connectivity index (χ0) is 15.4. The molecule has 7 heteroatoms. The second kappa shape index (κ2) is 8.10. The summed E-state index contributed by atoms with van der Waals surface area (Å²) in [6.45, 7) is 3.64. The Morgan fingerprint density at radius 3 is 2.73 bits per heavy atom. The Balaban J connectivity index is 0.00000242. The van der Waals surface area contributed by atoms with E-state index in [1.54, 1.807) is 24.9 Å². The van der Waals surface area contributed by atoms with Gasteiger partial charge in [0.05, 0.1) is 4.92 Å². The molecular formula is C15H22ClN3O3. The van der Waals surface area contributed by atoms with Crippen LogP contribution in [0.1, 0.15) is 35.2 Å². The first-order chi connectivity index (χ1) is 9.99. The molecule has 6 nitrogen and oxygen atoms in total. The molecule has 0 saturated carbocycles. The summed E-state index contributed by atoms with van der Waals surface area (Å²) < 4.78 is 0. The fraction of sp³-hybridized carbons (Fsp3) is 0.533. The van der Waals surface area contributed by atoms with Crippen molar-refractivity contribution in [3.8, 4) is 0 Å². The minimum atomic E-state index is -0.459. The number of carbonyl (C=O) groups is 1. The summed E-state index contributed by atoms with van der Waals surface area (Å²) in [4.78, 5) is 24.8. The molecule has 0 aliphatic carbocycles. The number of aryl methyl sites for hydroxylation is 1. The van der Waals surface area contributed by atoms with E-state index >= 15 is 0 Å². The molecule has 22 heavy (non-hydrogen) atoms. The first kappa shape index (κ1) is 18.4. The minimum absolute atomic E-state index is 0. The van der Waals surface area contributed by atoms with Crippen LogP contribution in [0.25, 0.3) is 0 Å². The zero-order valence-electron chi connectivity index (χ0n) is 12.9. The van der Waals surface area contributed by atoms with Crippen LogP contribution in [0.5, 0.6) is 0 Å². The molecule has 1 aromatic rings. The van der Waals surface area contributed by atoms with Gasteiger partial charge in [0, 0.05) is 30.8 Å². The molecule has 1 heterocycles. The van der Waals surface area contributed by atoms with Gasteiger partial charge in [-0.05, 0) is 50.9 Å². The number of nitro groups is 1. The van der Waals surface area contributed by atoms with Crippen LogP contribution in [0.2, 0.25) is 0 Å². The van der Waals surface area contributed by atoms with E-state index < -0.39 is 4.92 Å². The van der Waals surface area contributed by atoms with E-state index in [0.717, 1.165) is 37.9 Å². The van der Waals surface area contributed by atoms with Crippen LogP contribution in [0.4, 0.5) is 5.69 Å². The van der Waals surface area contributed by atoms with Crippen LogP contribution in [-0.2, 0) is 0 Å². The highest BCUT2D eigenvalue weighted by molar-refractivity contribution is 5.95. The van der Waals surface area contributed by atoms with Crippen molar-refractivity contribution in [3.63, 3.8) is 0 Å². The maximum absolute atomic E-state index is 12.6. The molecule has 0 radical (unpaired) electrons. The van der Waals surface area contributed by atoms with E-state index in [9.17, 15) is 14.9 Å². The van der Waals surface area contributed by atoms with Crippen molar-refractivity contribution in [3.05, 3.63) is 39.4 Å². The first-order valence-electron chi connectivity index (χ1n) is 7.23. The van der Waals surface area contributed by atoms with Crippen molar-refractivity contribution >= 4 is 24.0 Å². The Hall–Kier alpha value is -1.66. The number of rotatable bonds is 3. The molecule has 2 rings (SSSR count). The molecular weight excluding hydrogens is 306 g/mol. The minimum Gasteiger partial charge on any atom is -0.339 e. The summed E-state index contributed by atoms with van der Waals surface area (Å²) in [6.07, 6.45) is 2.91. The lowest BCUT2D eigenvalue weighted by Crippen LogP contribution is -2.37. The maximum atomic E-state index is 12.6. The van der Waals surface area contributed by atoms with Gasteiger partial charge in [-0.3, -0.25) is 14.9 Å². The standard InChI is InChI=1S/C15H21N3O3.ClH/c1-11-8-12(10-14(9-11)18(20)21)15(19)17(2)13-4-3-6-16-7-5-13;/h8-10,13,16H,3-7H2,1-2H3;1H. The lowest BCUT2D eigenvalue weighted by atomic mass is 10.0. The smallest absolute Gasteiger partial charge is 0.270 e. The van der Waals surface area contributed by atoms with Gasteiger partial charge in [0.25, 0.3) is 11.6 Å². The highest BCUT2D eigenvalue weighted by Gasteiger charge is 2.23. The molecule has 1 amide bonds. The fourth-order valence-electron chi connectivity index (χ4n) is 2.75. The van der Waals surface area contributed by atoms with Crippen LogP contribution in [0.3, 0.4) is 0 Å². The maximum Gasteiger partial charge on any atom is 0.270 e. The highest BCUT2D eigenvalue weighted by Crippen LogP contribution is 2.20. The van der Waals surface area contributed by atoms with Crippen molar-refractivity contribution in [1.82, 2.24) is 10.2 Å². The van der Waals surface area contributed by atoms with Gasteiger partial charge in [-0.15, -0.1) is 12.4 Å². The number of nitrogens with zero attached hydrogens (tertiary/aromatic N) is 2. The third kappa shape index (κ3) is 4.42. The topological polar surface area (TPSA) is 75.5 Å². The molecule has 1 aromatic carbocycles. The third-order valence-corrected chi connectivity index (χ3v) is 3.93. The molecule has 122 valence electrons. The van der Waals surface area contributed by atoms with Gasteiger partial charge < -0.3 is 10.2 Å². The van der Waals surface area contributed by atoms with E-state index in [1.165, 1.54) is 12.1 Å². The number of carbonyl (C=O) groups excluding carboxylic acids is 1. The molecule has 1 atom stereocenters. The normalized spacial score (nSPS) is 18.0. The second-order valence-electron chi connectivity index (χ2n) is 5.57. The van der Waals surface area contributed by atoms with Gasteiger partial charge in [0.1, 0.15) is 0 Å². The van der Waals surface area contributed by atoms with Crippen molar-refractivity contribution < 1.29 is 9.72 Å². The Labute approximate surface area is 136 Å². The Morgan fingerprint density at radius 1 is 1.32 bits per heavy atom. The monoisotopic (exact) mass is 327 g/mol. The number of nitrogens with one attached hydrogen (secondary N) is 1. The first-order valence-corrected chi connectivity index (χ1v) is 7.23. The summed E-state index contributed by atoms with van der Waals surface area (Å²) in [7, 11) is 1.78. The van der Waals surface area contributed by atoms with E-state index in [2.05, 4.69) is 5.32 Å². The molecule has 1 unspecified atom stereocenters. The summed E-state index contributed by atoms with van der Waals surface area (Å²) in [5, 5.41) is 14.2. The molecule has 1 aliphatic rings. The Morgan fingerprint density at radius 2 is 2.05 bits per heavy atom. The van der Waals surface area contributed by atoms with Crippen molar-refractivity contribution in [2.24, 2.45) is 0 Å². The van der Waals surface area contributed by atoms with Crippen molar-refractivity contribution in [2.75, 3.05) is 20.1 Å². The Kier molecular flexibility index (Phi) is 6.77. The number of benzene rings is 1. The quantitative estimate of drug-likeness (QED) is 0.683. The van der Waals surface area contributed by atoms with Crippen LogP contribution < -0.4 is 5.32 Å². The number of hydrogen-bond donors (Lipinski definition) is 1.